The molecule has 0 fully saturated rings. The van der Waals surface area contributed by atoms with Crippen molar-refractivity contribution in [1.82, 2.24) is 0 Å². The van der Waals surface area contributed by atoms with Gasteiger partial charge in [0.15, 0.2) is 0 Å². The molecule has 1 atom stereocenters. The Labute approximate surface area is 69.9 Å². The van der Waals surface area contributed by atoms with Gasteiger partial charge in [-0.1, -0.05) is 6.58 Å². The number of hydrogen-bond acceptors (Lipinski definition) is 3. The van der Waals surface area contributed by atoms with E-state index < -0.39 is 17.2 Å². The second kappa shape index (κ2) is 7.14. The van der Waals surface area contributed by atoms with E-state index in [0.717, 1.165) is 6.08 Å². The predicted octanol–water partition coefficient (Wildman–Crippen LogP) is 0.646. The highest BCUT2D eigenvalue weighted by Gasteiger charge is 2.00. The maximum absolute atomic E-state index is 9.62. The molecular formula is C6H10O4S. The minimum atomic E-state index is -0.981. The van der Waals surface area contributed by atoms with E-state index in [0.29, 0.717) is 0 Å². The lowest BCUT2D eigenvalue weighted by molar-refractivity contribution is -0.136. The topological polar surface area (TPSA) is 74.6 Å². The van der Waals surface area contributed by atoms with Crippen LogP contribution in [0.5, 0.6) is 0 Å². The Kier molecular flexibility index (Phi) is 8.23. The molecule has 0 spiro atoms. The van der Waals surface area contributed by atoms with Gasteiger partial charge in [-0.15, -0.1) is 0 Å². The average molecular weight is 178 g/mol. The molecule has 0 amide bonds. The van der Waals surface area contributed by atoms with Crippen LogP contribution in [0.4, 0.5) is 0 Å². The molecule has 0 aromatic carbocycles. The SMILES string of the molecule is C=CC(=O)O.CC(S)C(=O)O. The van der Waals surface area contributed by atoms with E-state index in [9.17, 15) is 9.59 Å². The second-order valence-electron chi connectivity index (χ2n) is 1.56. The Balaban J connectivity index is 0. The van der Waals surface area contributed by atoms with Crippen molar-refractivity contribution < 1.29 is 19.8 Å². The molecule has 0 heterocycles. The molecule has 0 bridgehead atoms. The zero-order valence-corrected chi connectivity index (χ0v) is 6.91. The van der Waals surface area contributed by atoms with Gasteiger partial charge in [-0.2, -0.15) is 12.6 Å². The first-order valence-electron chi connectivity index (χ1n) is 2.68. The lowest BCUT2D eigenvalue weighted by Gasteiger charge is -1.88. The molecule has 5 heteroatoms. The van der Waals surface area contributed by atoms with Crippen LogP contribution in [0.25, 0.3) is 0 Å². The molecule has 4 nitrogen and oxygen atoms in total. The largest absolute Gasteiger partial charge is 0.480 e. The van der Waals surface area contributed by atoms with E-state index in [1.807, 2.05) is 0 Å². The zero-order chi connectivity index (χ0) is 9.44. The van der Waals surface area contributed by atoms with Gasteiger partial charge in [-0.3, -0.25) is 4.79 Å². The standard InChI is InChI=1S/C3H6O2S.C3H4O2/c1-2(6)3(4)5;1-2-3(4)5/h2,6H,1H3,(H,4,5);2H,1H2,(H,4,5). The summed E-state index contributed by atoms with van der Waals surface area (Å²) in [4.78, 5) is 18.9. The Hall–Kier alpha value is -0.970. The first-order chi connectivity index (χ1) is 4.91. The van der Waals surface area contributed by atoms with Gasteiger partial charge < -0.3 is 10.2 Å². The molecule has 0 aromatic rings. The van der Waals surface area contributed by atoms with Crippen LogP contribution in [0.1, 0.15) is 6.92 Å². The molecule has 0 saturated carbocycles. The molecule has 0 rings (SSSR count). The van der Waals surface area contributed by atoms with Crippen LogP contribution < -0.4 is 0 Å². The van der Waals surface area contributed by atoms with Gasteiger partial charge >= 0.3 is 11.9 Å². The van der Waals surface area contributed by atoms with Crippen molar-refractivity contribution in [2.45, 2.75) is 12.2 Å². The number of thiol groups is 1. The maximum atomic E-state index is 9.62. The van der Waals surface area contributed by atoms with E-state index in [1.54, 1.807) is 0 Å². The van der Waals surface area contributed by atoms with Gasteiger partial charge in [0.05, 0.1) is 5.25 Å². The molecule has 2 N–H and O–H groups in total. The number of carboxylic acid groups (broad SMARTS) is 2. The first-order valence-corrected chi connectivity index (χ1v) is 3.19. The Morgan fingerprint density at radius 1 is 1.55 bits per heavy atom. The molecule has 0 aliphatic rings. The van der Waals surface area contributed by atoms with Crippen LogP contribution in [0.15, 0.2) is 12.7 Å². The van der Waals surface area contributed by atoms with Crippen molar-refractivity contribution in [2.75, 3.05) is 0 Å². The number of aliphatic carboxylic acids is 2. The highest BCUT2D eigenvalue weighted by atomic mass is 32.1. The van der Waals surface area contributed by atoms with Crippen molar-refractivity contribution in [2.24, 2.45) is 0 Å². The molecule has 0 aromatic heterocycles. The van der Waals surface area contributed by atoms with Crippen LogP contribution in [0.2, 0.25) is 0 Å². The lowest BCUT2D eigenvalue weighted by atomic mass is 10.5. The smallest absolute Gasteiger partial charge is 0.327 e. The molecule has 0 radical (unpaired) electrons. The third kappa shape index (κ3) is 17.6. The summed E-state index contributed by atoms with van der Waals surface area (Å²) in [5, 5.41) is 15.0. The minimum absolute atomic E-state index is 0.537. The first kappa shape index (κ1) is 12.7. The number of carboxylic acids is 2. The van der Waals surface area contributed by atoms with Crippen LogP contribution in [-0.2, 0) is 9.59 Å². The summed E-state index contributed by atoms with van der Waals surface area (Å²) in [5.41, 5.74) is 0. The van der Waals surface area contributed by atoms with Gasteiger partial charge in [0.25, 0.3) is 0 Å². The summed E-state index contributed by atoms with van der Waals surface area (Å²) >= 11 is 3.59. The van der Waals surface area contributed by atoms with E-state index in [-0.39, 0.29) is 0 Å². The van der Waals surface area contributed by atoms with E-state index >= 15 is 0 Å². The molecule has 11 heavy (non-hydrogen) atoms. The van der Waals surface area contributed by atoms with Crippen molar-refractivity contribution in [1.29, 1.82) is 0 Å². The minimum Gasteiger partial charge on any atom is -0.480 e. The van der Waals surface area contributed by atoms with Gasteiger partial charge in [-0.05, 0) is 6.92 Å². The van der Waals surface area contributed by atoms with Crippen molar-refractivity contribution in [3.8, 4) is 0 Å². The zero-order valence-electron chi connectivity index (χ0n) is 6.02. The summed E-state index contributed by atoms with van der Waals surface area (Å²) in [6.07, 6.45) is 0.833. The second-order valence-corrected chi connectivity index (χ2v) is 2.33. The highest BCUT2D eigenvalue weighted by molar-refractivity contribution is 7.81. The lowest BCUT2D eigenvalue weighted by Crippen LogP contribution is -2.06. The molecule has 0 aliphatic heterocycles. The summed E-state index contributed by atoms with van der Waals surface area (Å²) < 4.78 is 0. The third-order valence-corrected chi connectivity index (χ3v) is 0.753. The van der Waals surface area contributed by atoms with E-state index in [4.69, 9.17) is 10.2 Å². The maximum Gasteiger partial charge on any atom is 0.327 e. The van der Waals surface area contributed by atoms with Crippen molar-refractivity contribution in [3.63, 3.8) is 0 Å². The summed E-state index contributed by atoms with van der Waals surface area (Å²) in [6.45, 7) is 4.47. The Bertz CT molecular complexity index is 153. The normalized spacial score (nSPS) is 10.4. The average Bonchev–Trinajstić information content (AvgIpc) is 1.89. The van der Waals surface area contributed by atoms with Crippen LogP contribution >= 0.6 is 12.6 Å². The molecular weight excluding hydrogens is 168 g/mol. The van der Waals surface area contributed by atoms with Crippen molar-refractivity contribution >= 4 is 24.6 Å². The molecule has 0 saturated heterocycles. The van der Waals surface area contributed by atoms with Gasteiger partial charge in [0.1, 0.15) is 0 Å². The third-order valence-electron chi connectivity index (χ3n) is 0.532. The number of rotatable bonds is 2. The highest BCUT2D eigenvalue weighted by Crippen LogP contribution is 1.88. The van der Waals surface area contributed by atoms with Crippen LogP contribution in [-0.4, -0.2) is 27.4 Å². The quantitative estimate of drug-likeness (QED) is 0.428. The van der Waals surface area contributed by atoms with Gasteiger partial charge in [0.2, 0.25) is 0 Å². The predicted molar refractivity (Wildman–Crippen MR) is 43.9 cm³/mol. The fourth-order valence-corrected chi connectivity index (χ4v) is 0. The molecule has 1 unspecified atom stereocenters. The molecule has 64 valence electrons. The van der Waals surface area contributed by atoms with Crippen molar-refractivity contribution in [3.05, 3.63) is 12.7 Å². The Morgan fingerprint density at radius 3 is 1.73 bits per heavy atom. The van der Waals surface area contributed by atoms with Gasteiger partial charge in [0, 0.05) is 6.08 Å². The number of carbonyl (C=O) groups is 2. The number of hydrogen-bond donors (Lipinski definition) is 3. The fourth-order valence-electron chi connectivity index (χ4n) is 0. The van der Waals surface area contributed by atoms with Crippen LogP contribution in [0, 0.1) is 0 Å². The summed E-state index contributed by atoms with van der Waals surface area (Å²) in [6, 6.07) is 0. The van der Waals surface area contributed by atoms with Crippen LogP contribution in [0.3, 0.4) is 0 Å². The van der Waals surface area contributed by atoms with E-state index in [1.165, 1.54) is 6.92 Å². The summed E-state index contributed by atoms with van der Waals surface area (Å²) in [7, 11) is 0. The Morgan fingerprint density at radius 2 is 1.73 bits per heavy atom. The molecule has 0 aliphatic carbocycles. The van der Waals surface area contributed by atoms with E-state index in [2.05, 4.69) is 19.2 Å². The van der Waals surface area contributed by atoms with Gasteiger partial charge in [-0.25, -0.2) is 4.79 Å². The summed E-state index contributed by atoms with van der Waals surface area (Å²) in [5.74, 6) is -1.86. The fraction of sp³-hybridized carbons (Fsp3) is 0.333. The monoisotopic (exact) mass is 178 g/mol.